The fourth-order valence-corrected chi connectivity index (χ4v) is 2.91. The van der Waals surface area contributed by atoms with Crippen molar-refractivity contribution in [2.75, 3.05) is 5.32 Å². The van der Waals surface area contributed by atoms with E-state index in [0.29, 0.717) is 5.75 Å². The molecule has 0 radical (unpaired) electrons. The number of rotatable bonds is 5. The lowest BCUT2D eigenvalue weighted by molar-refractivity contribution is 0.0991. The smallest absolute Gasteiger partial charge is 0.291 e. The minimum Gasteiger partial charge on any atom is -0.485 e. The molecule has 4 rings (SSSR count). The Kier molecular flexibility index (Phi) is 5.14. The van der Waals surface area contributed by atoms with Crippen molar-refractivity contribution in [3.63, 3.8) is 0 Å². The van der Waals surface area contributed by atoms with Gasteiger partial charge < -0.3 is 14.5 Å². The van der Waals surface area contributed by atoms with Gasteiger partial charge in [-0.05, 0) is 23.6 Å². The predicted octanol–water partition coefficient (Wildman–Crippen LogP) is 5.82. The molecule has 4 aromatic rings. The van der Waals surface area contributed by atoms with Gasteiger partial charge in [0.25, 0.3) is 5.91 Å². The molecule has 1 N–H and O–H groups in total. The molecule has 0 spiro atoms. The quantitative estimate of drug-likeness (QED) is 0.330. The average Bonchev–Trinajstić information content (AvgIpc) is 3.23. The highest BCUT2D eigenvalue weighted by atomic mass is 19.2. The molecular formula is C22H13F4NO3. The molecule has 0 aliphatic carbocycles. The van der Waals surface area contributed by atoms with Crippen LogP contribution >= 0.6 is 0 Å². The molecule has 0 aliphatic rings. The normalized spacial score (nSPS) is 10.9. The lowest BCUT2D eigenvalue weighted by atomic mass is 10.1. The summed E-state index contributed by atoms with van der Waals surface area (Å²) < 4.78 is 65.0. The maximum Gasteiger partial charge on any atom is 0.291 e. The van der Waals surface area contributed by atoms with Crippen LogP contribution in [0.25, 0.3) is 10.8 Å². The highest BCUT2D eigenvalue weighted by Gasteiger charge is 2.22. The zero-order valence-electron chi connectivity index (χ0n) is 15.2. The summed E-state index contributed by atoms with van der Waals surface area (Å²) in [6, 6.07) is 15.9. The number of hydrogen-bond acceptors (Lipinski definition) is 3. The second-order valence-electron chi connectivity index (χ2n) is 6.33. The number of fused-ring (bicyclic) bond motifs is 1. The van der Waals surface area contributed by atoms with Crippen LogP contribution in [-0.4, -0.2) is 5.91 Å². The summed E-state index contributed by atoms with van der Waals surface area (Å²) in [5.41, 5.74) is -1.23. The molecule has 1 heterocycles. The standard InChI is InChI=1S/C22H13F4NO3/c23-15-10-16(24)20(26)21(19(15)25)27-22(28)18-9-8-13(30-18)11-29-17-7-3-5-12-4-1-2-6-14(12)17/h1-10H,11H2,(H,27,28). The molecule has 152 valence electrons. The number of ether oxygens (including phenoxy) is 1. The summed E-state index contributed by atoms with van der Waals surface area (Å²) in [6.07, 6.45) is 0. The van der Waals surface area contributed by atoms with Gasteiger partial charge in [-0.15, -0.1) is 0 Å². The molecule has 4 nitrogen and oxygen atoms in total. The van der Waals surface area contributed by atoms with Crippen LogP contribution in [0.4, 0.5) is 23.2 Å². The number of nitrogens with one attached hydrogen (secondary N) is 1. The van der Waals surface area contributed by atoms with E-state index >= 15 is 0 Å². The van der Waals surface area contributed by atoms with Gasteiger partial charge in [0.15, 0.2) is 29.0 Å². The number of carbonyl (C=O) groups is 1. The molecule has 0 unspecified atom stereocenters. The van der Waals surface area contributed by atoms with Gasteiger partial charge in [0.1, 0.15) is 23.8 Å². The summed E-state index contributed by atoms with van der Waals surface area (Å²) in [6.45, 7) is -0.0153. The van der Waals surface area contributed by atoms with Crippen LogP contribution in [-0.2, 0) is 6.61 Å². The third kappa shape index (κ3) is 3.71. The summed E-state index contributed by atoms with van der Waals surface area (Å²) in [5.74, 6) is -7.21. The number of amides is 1. The van der Waals surface area contributed by atoms with E-state index in [1.54, 1.807) is 11.4 Å². The van der Waals surface area contributed by atoms with Crippen LogP contribution in [0.5, 0.6) is 5.75 Å². The van der Waals surface area contributed by atoms with Crippen molar-refractivity contribution in [3.8, 4) is 5.75 Å². The largest absolute Gasteiger partial charge is 0.485 e. The molecule has 0 saturated heterocycles. The Bertz CT molecular complexity index is 1220. The second-order valence-corrected chi connectivity index (χ2v) is 6.33. The van der Waals surface area contributed by atoms with Gasteiger partial charge >= 0.3 is 0 Å². The third-order valence-electron chi connectivity index (χ3n) is 4.36. The van der Waals surface area contributed by atoms with Gasteiger partial charge in [-0.3, -0.25) is 4.79 Å². The van der Waals surface area contributed by atoms with Gasteiger partial charge in [-0.2, -0.15) is 0 Å². The van der Waals surface area contributed by atoms with Crippen LogP contribution in [0.3, 0.4) is 0 Å². The summed E-state index contributed by atoms with van der Waals surface area (Å²) in [5, 5.41) is 3.66. The number of hydrogen-bond donors (Lipinski definition) is 1. The monoisotopic (exact) mass is 415 g/mol. The van der Waals surface area contributed by atoms with E-state index in [0.717, 1.165) is 10.8 Å². The van der Waals surface area contributed by atoms with Crippen LogP contribution in [0.15, 0.2) is 65.1 Å². The van der Waals surface area contributed by atoms with Crippen molar-refractivity contribution < 1.29 is 31.5 Å². The zero-order chi connectivity index (χ0) is 21.3. The minimum absolute atomic E-state index is 0.0153. The highest BCUT2D eigenvalue weighted by molar-refractivity contribution is 6.02. The molecule has 0 saturated carbocycles. The Morgan fingerprint density at radius 2 is 1.60 bits per heavy atom. The zero-order valence-corrected chi connectivity index (χ0v) is 15.2. The second kappa shape index (κ2) is 7.90. The van der Waals surface area contributed by atoms with Crippen molar-refractivity contribution in [2.45, 2.75) is 6.61 Å². The first-order valence-electron chi connectivity index (χ1n) is 8.77. The predicted molar refractivity (Wildman–Crippen MR) is 101 cm³/mol. The Hall–Kier alpha value is -3.81. The first-order valence-corrected chi connectivity index (χ1v) is 8.77. The number of benzene rings is 3. The first-order chi connectivity index (χ1) is 14.4. The Morgan fingerprint density at radius 3 is 2.37 bits per heavy atom. The van der Waals surface area contributed by atoms with Crippen molar-refractivity contribution in [2.24, 2.45) is 0 Å². The summed E-state index contributed by atoms with van der Waals surface area (Å²) >= 11 is 0. The van der Waals surface area contributed by atoms with Gasteiger partial charge in [0.05, 0.1) is 0 Å². The maximum atomic E-state index is 13.7. The van der Waals surface area contributed by atoms with Gasteiger partial charge in [-0.25, -0.2) is 17.6 Å². The molecule has 3 aromatic carbocycles. The van der Waals surface area contributed by atoms with Gasteiger partial charge in [0, 0.05) is 11.5 Å². The molecule has 0 fully saturated rings. The summed E-state index contributed by atoms with van der Waals surface area (Å²) in [4.78, 5) is 12.2. The van der Waals surface area contributed by atoms with Crippen LogP contribution in [0, 0.1) is 23.3 Å². The minimum atomic E-state index is -1.71. The Labute approximate surface area is 167 Å². The van der Waals surface area contributed by atoms with E-state index in [9.17, 15) is 22.4 Å². The molecular weight excluding hydrogens is 402 g/mol. The number of carbonyl (C=O) groups excluding carboxylic acids is 1. The van der Waals surface area contributed by atoms with Crippen LogP contribution in [0.2, 0.25) is 0 Å². The fraction of sp³-hybridized carbons (Fsp3) is 0.0455. The molecule has 30 heavy (non-hydrogen) atoms. The molecule has 0 aliphatic heterocycles. The SMILES string of the molecule is O=C(Nc1c(F)c(F)cc(F)c1F)c1ccc(COc2cccc3ccccc23)o1. The third-order valence-corrected chi connectivity index (χ3v) is 4.36. The van der Waals surface area contributed by atoms with Crippen molar-refractivity contribution in [1.29, 1.82) is 0 Å². The number of anilines is 1. The van der Waals surface area contributed by atoms with E-state index in [2.05, 4.69) is 0 Å². The molecule has 0 atom stereocenters. The number of furan rings is 1. The van der Waals surface area contributed by atoms with E-state index in [1.165, 1.54) is 12.1 Å². The topological polar surface area (TPSA) is 51.5 Å². The lowest BCUT2D eigenvalue weighted by Crippen LogP contribution is -2.15. The first kappa shape index (κ1) is 19.5. The van der Waals surface area contributed by atoms with E-state index < -0.39 is 34.9 Å². The average molecular weight is 415 g/mol. The fourth-order valence-electron chi connectivity index (χ4n) is 2.91. The van der Waals surface area contributed by atoms with E-state index in [1.807, 2.05) is 36.4 Å². The van der Waals surface area contributed by atoms with Crippen LogP contribution in [0.1, 0.15) is 16.3 Å². The lowest BCUT2D eigenvalue weighted by Gasteiger charge is -2.08. The Morgan fingerprint density at radius 1 is 0.900 bits per heavy atom. The van der Waals surface area contributed by atoms with Crippen molar-refractivity contribution in [1.82, 2.24) is 0 Å². The Balaban J connectivity index is 1.49. The molecule has 1 aromatic heterocycles. The molecule has 0 bridgehead atoms. The van der Waals surface area contributed by atoms with Crippen LogP contribution < -0.4 is 10.1 Å². The molecule has 8 heteroatoms. The highest BCUT2D eigenvalue weighted by Crippen LogP contribution is 2.27. The number of halogens is 4. The van der Waals surface area contributed by atoms with E-state index in [-0.39, 0.29) is 24.2 Å². The van der Waals surface area contributed by atoms with Gasteiger partial charge in [0.2, 0.25) is 0 Å². The van der Waals surface area contributed by atoms with Crippen molar-refractivity contribution >= 4 is 22.4 Å². The van der Waals surface area contributed by atoms with Gasteiger partial charge in [-0.1, -0.05) is 36.4 Å². The maximum absolute atomic E-state index is 13.7. The van der Waals surface area contributed by atoms with Crippen molar-refractivity contribution in [3.05, 3.63) is 95.5 Å². The molecule has 1 amide bonds. The summed E-state index contributed by atoms with van der Waals surface area (Å²) in [7, 11) is 0. The van der Waals surface area contributed by atoms with E-state index in [4.69, 9.17) is 9.15 Å².